The quantitative estimate of drug-likeness (QED) is 0.618. The molecule has 2 aromatic heterocycles. The molecule has 2 aromatic rings. The Balaban J connectivity index is 2.88. The normalized spacial score (nSPS) is 10.8. The van der Waals surface area contributed by atoms with Crippen molar-refractivity contribution in [2.75, 3.05) is 5.73 Å². The number of nitrogen functional groups attached to an aromatic ring is 1. The molecule has 0 aromatic carbocycles. The molecule has 0 amide bonds. The second kappa shape index (κ2) is 2.24. The average molecular weight is 161 g/mol. The number of rotatable bonds is 0. The summed E-state index contributed by atoms with van der Waals surface area (Å²) in [7, 11) is 0. The van der Waals surface area contributed by atoms with E-state index in [1.54, 1.807) is 0 Å². The number of aromatic amines is 1. The molecule has 3 nitrogen and oxygen atoms in total. The Morgan fingerprint density at radius 2 is 2.17 bits per heavy atom. The van der Waals surface area contributed by atoms with Gasteiger partial charge < -0.3 is 10.7 Å². The number of nitrogens with one attached hydrogen (secondary N) is 1. The van der Waals surface area contributed by atoms with Crippen molar-refractivity contribution in [3.8, 4) is 0 Å². The van der Waals surface area contributed by atoms with E-state index in [-0.39, 0.29) is 0 Å². The minimum Gasteiger partial charge on any atom is -0.385 e. The van der Waals surface area contributed by atoms with Crippen LogP contribution in [0.25, 0.3) is 11.0 Å². The van der Waals surface area contributed by atoms with Crippen LogP contribution in [0.4, 0.5) is 5.82 Å². The van der Waals surface area contributed by atoms with Crippen LogP contribution in [0.2, 0.25) is 0 Å². The van der Waals surface area contributed by atoms with E-state index in [2.05, 4.69) is 16.0 Å². The molecule has 0 saturated heterocycles. The van der Waals surface area contributed by atoms with Gasteiger partial charge in [-0.1, -0.05) is 0 Å². The Morgan fingerprint density at radius 1 is 1.42 bits per heavy atom. The van der Waals surface area contributed by atoms with E-state index >= 15 is 0 Å². The standard InChI is InChI=1S/C9H11N3/c1-5-3-7-6(2)8(10)12-9(7)11-4-5/h3-4H,10H2,1-2H3,(H,11,12). The van der Waals surface area contributed by atoms with E-state index in [0.717, 1.165) is 22.2 Å². The van der Waals surface area contributed by atoms with E-state index in [9.17, 15) is 0 Å². The van der Waals surface area contributed by atoms with Crippen molar-refractivity contribution in [2.45, 2.75) is 13.8 Å². The average Bonchev–Trinajstić information content (AvgIpc) is 2.31. The summed E-state index contributed by atoms with van der Waals surface area (Å²) < 4.78 is 0. The van der Waals surface area contributed by atoms with E-state index in [1.807, 2.05) is 20.0 Å². The van der Waals surface area contributed by atoms with Crippen molar-refractivity contribution in [3.05, 3.63) is 23.4 Å². The van der Waals surface area contributed by atoms with Gasteiger partial charge in [-0.2, -0.15) is 0 Å². The molecule has 0 aliphatic heterocycles. The first-order valence-corrected chi connectivity index (χ1v) is 3.89. The molecule has 0 unspecified atom stereocenters. The summed E-state index contributed by atoms with van der Waals surface area (Å²) in [4.78, 5) is 7.25. The number of H-pyrrole nitrogens is 1. The zero-order valence-electron chi connectivity index (χ0n) is 7.18. The fourth-order valence-electron chi connectivity index (χ4n) is 1.32. The molecular weight excluding hydrogens is 150 g/mol. The summed E-state index contributed by atoms with van der Waals surface area (Å²) in [5.41, 5.74) is 8.82. The SMILES string of the molecule is Cc1cnc2[nH]c(N)c(C)c2c1. The molecule has 3 heteroatoms. The highest BCUT2D eigenvalue weighted by Gasteiger charge is 2.04. The lowest BCUT2D eigenvalue weighted by molar-refractivity contribution is 1.29. The summed E-state index contributed by atoms with van der Waals surface area (Å²) >= 11 is 0. The van der Waals surface area contributed by atoms with Gasteiger partial charge in [-0.05, 0) is 25.5 Å². The molecular formula is C9H11N3. The Kier molecular flexibility index (Phi) is 1.33. The first kappa shape index (κ1) is 7.16. The maximum atomic E-state index is 5.71. The molecule has 2 rings (SSSR count). The van der Waals surface area contributed by atoms with Gasteiger partial charge in [-0.25, -0.2) is 4.98 Å². The van der Waals surface area contributed by atoms with Gasteiger partial charge in [0.15, 0.2) is 0 Å². The van der Waals surface area contributed by atoms with Crippen LogP contribution in [0.15, 0.2) is 12.3 Å². The number of hydrogen-bond donors (Lipinski definition) is 2. The highest BCUT2D eigenvalue weighted by Crippen LogP contribution is 2.21. The molecule has 0 saturated carbocycles. The van der Waals surface area contributed by atoms with E-state index in [4.69, 9.17) is 5.73 Å². The Labute approximate surface area is 70.6 Å². The molecule has 62 valence electrons. The van der Waals surface area contributed by atoms with Gasteiger partial charge in [-0.15, -0.1) is 0 Å². The maximum Gasteiger partial charge on any atom is 0.139 e. The lowest BCUT2D eigenvalue weighted by atomic mass is 10.2. The van der Waals surface area contributed by atoms with Gasteiger partial charge in [0, 0.05) is 17.1 Å². The van der Waals surface area contributed by atoms with Crippen LogP contribution in [0, 0.1) is 13.8 Å². The molecule has 0 aliphatic rings. The monoisotopic (exact) mass is 161 g/mol. The Morgan fingerprint density at radius 3 is 2.92 bits per heavy atom. The molecule has 0 bridgehead atoms. The number of hydrogen-bond acceptors (Lipinski definition) is 2. The number of anilines is 1. The maximum absolute atomic E-state index is 5.71. The van der Waals surface area contributed by atoms with Crippen LogP contribution in [-0.4, -0.2) is 9.97 Å². The lowest BCUT2D eigenvalue weighted by Gasteiger charge is -1.92. The molecule has 0 atom stereocenters. The topological polar surface area (TPSA) is 54.7 Å². The molecule has 0 fully saturated rings. The molecule has 12 heavy (non-hydrogen) atoms. The second-order valence-corrected chi connectivity index (χ2v) is 3.07. The highest BCUT2D eigenvalue weighted by atomic mass is 14.9. The number of aryl methyl sites for hydroxylation is 2. The zero-order chi connectivity index (χ0) is 8.72. The molecule has 0 spiro atoms. The fourth-order valence-corrected chi connectivity index (χ4v) is 1.32. The summed E-state index contributed by atoms with van der Waals surface area (Å²) in [5.74, 6) is 0.711. The minimum absolute atomic E-state index is 0.711. The molecule has 0 aliphatic carbocycles. The number of fused-ring (bicyclic) bond motifs is 1. The van der Waals surface area contributed by atoms with Crippen molar-refractivity contribution in [3.63, 3.8) is 0 Å². The number of nitrogens with two attached hydrogens (primary N) is 1. The smallest absolute Gasteiger partial charge is 0.139 e. The largest absolute Gasteiger partial charge is 0.385 e. The van der Waals surface area contributed by atoms with Gasteiger partial charge in [0.1, 0.15) is 11.5 Å². The predicted molar refractivity (Wildman–Crippen MR) is 50.0 cm³/mol. The van der Waals surface area contributed by atoms with Crippen molar-refractivity contribution in [2.24, 2.45) is 0 Å². The molecule has 3 N–H and O–H groups in total. The number of pyridine rings is 1. The van der Waals surface area contributed by atoms with Crippen molar-refractivity contribution in [1.82, 2.24) is 9.97 Å². The summed E-state index contributed by atoms with van der Waals surface area (Å²) in [6.07, 6.45) is 1.83. The van der Waals surface area contributed by atoms with Crippen molar-refractivity contribution < 1.29 is 0 Å². The Bertz CT molecular complexity index is 429. The van der Waals surface area contributed by atoms with Gasteiger partial charge in [0.05, 0.1) is 0 Å². The first-order chi connectivity index (χ1) is 5.68. The highest BCUT2D eigenvalue weighted by molar-refractivity contribution is 5.85. The van der Waals surface area contributed by atoms with Gasteiger partial charge in [-0.3, -0.25) is 0 Å². The first-order valence-electron chi connectivity index (χ1n) is 3.89. The van der Waals surface area contributed by atoms with Gasteiger partial charge in [0.25, 0.3) is 0 Å². The fraction of sp³-hybridized carbons (Fsp3) is 0.222. The summed E-state index contributed by atoms with van der Waals surface area (Å²) in [6.45, 7) is 4.02. The van der Waals surface area contributed by atoms with E-state index in [0.29, 0.717) is 5.82 Å². The minimum atomic E-state index is 0.711. The van der Waals surface area contributed by atoms with Crippen LogP contribution in [0.3, 0.4) is 0 Å². The molecule has 0 radical (unpaired) electrons. The van der Waals surface area contributed by atoms with E-state index < -0.39 is 0 Å². The number of nitrogens with zero attached hydrogens (tertiary/aromatic N) is 1. The Hall–Kier alpha value is -1.51. The van der Waals surface area contributed by atoms with Gasteiger partial charge in [0.2, 0.25) is 0 Å². The third kappa shape index (κ3) is 0.863. The van der Waals surface area contributed by atoms with Gasteiger partial charge >= 0.3 is 0 Å². The second-order valence-electron chi connectivity index (χ2n) is 3.07. The van der Waals surface area contributed by atoms with Crippen LogP contribution >= 0.6 is 0 Å². The summed E-state index contributed by atoms with van der Waals surface area (Å²) in [5, 5.41) is 1.12. The van der Waals surface area contributed by atoms with Crippen LogP contribution in [0.5, 0.6) is 0 Å². The van der Waals surface area contributed by atoms with Crippen molar-refractivity contribution >= 4 is 16.9 Å². The van der Waals surface area contributed by atoms with Crippen LogP contribution in [-0.2, 0) is 0 Å². The summed E-state index contributed by atoms with van der Waals surface area (Å²) in [6, 6.07) is 2.09. The third-order valence-electron chi connectivity index (χ3n) is 2.09. The molecule has 2 heterocycles. The third-order valence-corrected chi connectivity index (χ3v) is 2.09. The number of aromatic nitrogens is 2. The predicted octanol–water partition coefficient (Wildman–Crippen LogP) is 1.76. The van der Waals surface area contributed by atoms with Crippen molar-refractivity contribution in [1.29, 1.82) is 0 Å². The zero-order valence-corrected chi connectivity index (χ0v) is 7.18. The van der Waals surface area contributed by atoms with E-state index in [1.165, 1.54) is 0 Å². The lowest BCUT2D eigenvalue weighted by Crippen LogP contribution is -1.85. The van der Waals surface area contributed by atoms with Crippen LogP contribution in [0.1, 0.15) is 11.1 Å². The van der Waals surface area contributed by atoms with Crippen LogP contribution < -0.4 is 5.73 Å².